The largest absolute Gasteiger partial charge is 0.481 e. The molecule has 2 aromatic rings. The average Bonchev–Trinajstić information content (AvgIpc) is 2.58. The zero-order valence-corrected chi connectivity index (χ0v) is 15.2. The molecule has 0 saturated heterocycles. The van der Waals surface area contributed by atoms with Crippen molar-refractivity contribution in [2.45, 2.75) is 39.8 Å². The Morgan fingerprint density at radius 2 is 1.83 bits per heavy atom. The van der Waals surface area contributed by atoms with Crippen LogP contribution in [0.5, 0.6) is 5.88 Å². The van der Waals surface area contributed by atoms with Crippen molar-refractivity contribution in [2.24, 2.45) is 0 Å². The number of hydrogen-bond acceptors (Lipinski definition) is 6. The van der Waals surface area contributed by atoms with E-state index >= 15 is 0 Å². The zero-order chi connectivity index (χ0) is 17.5. The lowest BCUT2D eigenvalue weighted by atomic mass is 10.2. The van der Waals surface area contributed by atoms with Crippen molar-refractivity contribution in [2.75, 3.05) is 25.5 Å². The van der Waals surface area contributed by atoms with Gasteiger partial charge in [0.25, 0.3) is 0 Å². The monoisotopic (exact) mass is 329 g/mol. The minimum absolute atomic E-state index is 0.526. The molecule has 0 radical (unpaired) electrons. The Morgan fingerprint density at radius 3 is 2.42 bits per heavy atom. The van der Waals surface area contributed by atoms with Gasteiger partial charge in [0, 0.05) is 49.2 Å². The Morgan fingerprint density at radius 1 is 1.08 bits per heavy atom. The van der Waals surface area contributed by atoms with Gasteiger partial charge in [-0.1, -0.05) is 0 Å². The first-order valence-corrected chi connectivity index (χ1v) is 8.34. The number of methoxy groups -OCH3 is 1. The van der Waals surface area contributed by atoms with Crippen LogP contribution in [0.1, 0.15) is 27.7 Å². The third-order valence-corrected chi connectivity index (χ3v) is 3.86. The number of rotatable bonds is 8. The van der Waals surface area contributed by atoms with Crippen molar-refractivity contribution in [3.8, 4) is 17.3 Å². The molecule has 0 spiro atoms. The van der Waals surface area contributed by atoms with E-state index in [1.165, 1.54) is 0 Å². The maximum Gasteiger partial charge on any atom is 0.212 e. The first kappa shape index (κ1) is 18.1. The van der Waals surface area contributed by atoms with Crippen LogP contribution in [0.3, 0.4) is 0 Å². The molecule has 6 nitrogen and oxygen atoms in total. The fraction of sp³-hybridized carbons (Fsp3) is 0.500. The minimum Gasteiger partial charge on any atom is -0.481 e. The highest BCUT2D eigenvalue weighted by Gasteiger charge is 2.12. The fourth-order valence-electron chi connectivity index (χ4n) is 2.66. The van der Waals surface area contributed by atoms with Gasteiger partial charge in [0.15, 0.2) is 5.82 Å². The van der Waals surface area contributed by atoms with Gasteiger partial charge in [-0.05, 0) is 39.8 Å². The molecule has 2 rings (SSSR count). The van der Waals surface area contributed by atoms with Gasteiger partial charge in [-0.2, -0.15) is 0 Å². The predicted octanol–water partition coefficient (Wildman–Crippen LogP) is 3.08. The molecule has 6 heteroatoms. The lowest BCUT2D eigenvalue weighted by Crippen LogP contribution is -2.40. The first-order chi connectivity index (χ1) is 11.5. The summed E-state index contributed by atoms with van der Waals surface area (Å²) in [6.45, 7) is 10.7. The van der Waals surface area contributed by atoms with Crippen LogP contribution in [0.4, 0.5) is 5.82 Å². The summed E-state index contributed by atoms with van der Waals surface area (Å²) in [6.07, 6.45) is 3.48. The Bertz CT molecular complexity index is 620. The molecule has 2 aromatic heterocycles. The highest BCUT2D eigenvalue weighted by atomic mass is 16.5. The van der Waals surface area contributed by atoms with Crippen molar-refractivity contribution in [3.05, 3.63) is 30.6 Å². The van der Waals surface area contributed by atoms with Crippen LogP contribution in [-0.2, 0) is 0 Å². The van der Waals surface area contributed by atoms with Crippen LogP contribution in [0.25, 0.3) is 11.4 Å². The van der Waals surface area contributed by atoms with E-state index < -0.39 is 0 Å². The number of pyridine rings is 1. The second-order valence-corrected chi connectivity index (χ2v) is 6.21. The summed E-state index contributed by atoms with van der Waals surface area (Å²) in [7, 11) is 1.60. The lowest BCUT2D eigenvalue weighted by Gasteiger charge is -2.30. The summed E-state index contributed by atoms with van der Waals surface area (Å²) < 4.78 is 5.07. The van der Waals surface area contributed by atoms with Crippen molar-refractivity contribution >= 4 is 5.82 Å². The van der Waals surface area contributed by atoms with Gasteiger partial charge in [0.1, 0.15) is 5.82 Å². The SMILES string of the molecule is COc1ccc(-c2nccc(NCCN(C(C)C)C(C)C)n2)cn1. The van der Waals surface area contributed by atoms with Gasteiger partial charge in [0.05, 0.1) is 7.11 Å². The van der Waals surface area contributed by atoms with Crippen LogP contribution < -0.4 is 10.1 Å². The van der Waals surface area contributed by atoms with Crippen molar-refractivity contribution in [1.82, 2.24) is 19.9 Å². The van der Waals surface area contributed by atoms with Crippen LogP contribution in [0, 0.1) is 0 Å². The summed E-state index contributed by atoms with van der Waals surface area (Å²) in [5, 5.41) is 3.38. The van der Waals surface area contributed by atoms with E-state index in [-0.39, 0.29) is 0 Å². The molecule has 2 heterocycles. The van der Waals surface area contributed by atoms with Gasteiger partial charge in [0.2, 0.25) is 5.88 Å². The van der Waals surface area contributed by atoms with E-state index in [1.54, 1.807) is 19.5 Å². The van der Waals surface area contributed by atoms with Crippen molar-refractivity contribution < 1.29 is 4.74 Å². The topological polar surface area (TPSA) is 63.2 Å². The van der Waals surface area contributed by atoms with Gasteiger partial charge in [-0.3, -0.25) is 4.90 Å². The lowest BCUT2D eigenvalue weighted by molar-refractivity contribution is 0.182. The molecule has 0 aliphatic heterocycles. The second-order valence-electron chi connectivity index (χ2n) is 6.21. The second kappa shape index (κ2) is 8.59. The van der Waals surface area contributed by atoms with E-state index in [4.69, 9.17) is 4.74 Å². The number of nitrogens with one attached hydrogen (secondary N) is 1. The van der Waals surface area contributed by atoms with Crippen LogP contribution in [0.15, 0.2) is 30.6 Å². The number of hydrogen-bond donors (Lipinski definition) is 1. The molecular formula is C18H27N5O. The van der Waals surface area contributed by atoms with Crippen LogP contribution in [-0.4, -0.2) is 52.1 Å². The molecule has 1 N–H and O–H groups in total. The average molecular weight is 329 g/mol. The Labute approximate surface area is 144 Å². The summed E-state index contributed by atoms with van der Waals surface area (Å²) >= 11 is 0. The molecule has 0 aromatic carbocycles. The molecule has 0 unspecified atom stereocenters. The maximum atomic E-state index is 5.07. The highest BCUT2D eigenvalue weighted by molar-refractivity contribution is 5.56. The van der Waals surface area contributed by atoms with E-state index in [9.17, 15) is 0 Å². The smallest absolute Gasteiger partial charge is 0.212 e. The summed E-state index contributed by atoms with van der Waals surface area (Å²) in [4.78, 5) is 15.5. The molecule has 0 saturated carbocycles. The molecular weight excluding hydrogens is 302 g/mol. The molecule has 0 atom stereocenters. The standard InChI is InChI=1S/C18H27N5O/c1-13(2)23(14(3)4)11-10-19-16-8-9-20-18(22-16)15-6-7-17(24-5)21-12-15/h6-9,12-14H,10-11H2,1-5H3,(H,19,20,22). The predicted molar refractivity (Wildman–Crippen MR) is 97.3 cm³/mol. The number of aromatic nitrogens is 3. The van der Waals surface area contributed by atoms with E-state index in [0.717, 1.165) is 24.5 Å². The highest BCUT2D eigenvalue weighted by Crippen LogP contribution is 2.17. The maximum absolute atomic E-state index is 5.07. The Balaban J connectivity index is 1.99. The quantitative estimate of drug-likeness (QED) is 0.803. The molecule has 0 bridgehead atoms. The van der Waals surface area contributed by atoms with E-state index in [2.05, 4.69) is 52.9 Å². The summed E-state index contributed by atoms with van der Waals surface area (Å²) in [5.74, 6) is 2.05. The summed E-state index contributed by atoms with van der Waals surface area (Å²) in [6, 6.07) is 6.65. The van der Waals surface area contributed by atoms with Crippen LogP contribution >= 0.6 is 0 Å². The number of anilines is 1. The first-order valence-electron chi connectivity index (χ1n) is 8.34. The normalized spacial score (nSPS) is 11.3. The zero-order valence-electron chi connectivity index (χ0n) is 15.2. The third-order valence-electron chi connectivity index (χ3n) is 3.86. The molecule has 24 heavy (non-hydrogen) atoms. The molecule has 0 fully saturated rings. The van der Waals surface area contributed by atoms with Gasteiger partial charge in [-0.15, -0.1) is 0 Å². The van der Waals surface area contributed by atoms with Crippen molar-refractivity contribution in [1.29, 1.82) is 0 Å². The van der Waals surface area contributed by atoms with Gasteiger partial charge < -0.3 is 10.1 Å². The molecule has 0 aliphatic carbocycles. The summed E-state index contributed by atoms with van der Waals surface area (Å²) in [5.41, 5.74) is 0.866. The Hall–Kier alpha value is -2.21. The molecule has 0 aliphatic rings. The van der Waals surface area contributed by atoms with Gasteiger partial charge >= 0.3 is 0 Å². The van der Waals surface area contributed by atoms with Crippen molar-refractivity contribution in [3.63, 3.8) is 0 Å². The Kier molecular flexibility index (Phi) is 6.49. The third kappa shape index (κ3) is 4.89. The van der Waals surface area contributed by atoms with E-state index in [0.29, 0.717) is 23.8 Å². The van der Waals surface area contributed by atoms with E-state index in [1.807, 2.05) is 18.2 Å². The number of nitrogens with zero attached hydrogens (tertiary/aromatic N) is 4. The van der Waals surface area contributed by atoms with Gasteiger partial charge in [-0.25, -0.2) is 15.0 Å². The molecule has 130 valence electrons. The van der Waals surface area contributed by atoms with Crippen LogP contribution in [0.2, 0.25) is 0 Å². The molecule has 0 amide bonds. The fourth-order valence-corrected chi connectivity index (χ4v) is 2.66. The minimum atomic E-state index is 0.526. The number of ether oxygens (including phenoxy) is 1.